The molecule has 84 valence electrons. The number of hydrogen-bond acceptors (Lipinski definition) is 3. The number of pyridine rings is 1. The van der Waals surface area contributed by atoms with Crippen molar-refractivity contribution in [1.82, 2.24) is 4.98 Å². The Balaban J connectivity index is 2.07. The maximum Gasteiger partial charge on any atom is 0.125 e. The first-order valence-corrected chi connectivity index (χ1v) is 6.15. The van der Waals surface area contributed by atoms with Crippen LogP contribution in [-0.2, 0) is 4.74 Å². The SMILES string of the molecule is ClCCOCCCNc1ccc(Br)cn1. The fourth-order valence-corrected chi connectivity index (χ4v) is 1.37. The lowest BCUT2D eigenvalue weighted by atomic mass is 10.4. The van der Waals surface area contributed by atoms with Gasteiger partial charge in [-0.3, -0.25) is 0 Å². The van der Waals surface area contributed by atoms with Gasteiger partial charge in [-0.05, 0) is 34.5 Å². The van der Waals surface area contributed by atoms with Gasteiger partial charge in [-0.15, -0.1) is 11.6 Å². The molecule has 0 fully saturated rings. The molecular formula is C10H14BrClN2O. The second kappa shape index (κ2) is 7.91. The number of aromatic nitrogens is 1. The van der Waals surface area contributed by atoms with Crippen molar-refractivity contribution >= 4 is 33.3 Å². The summed E-state index contributed by atoms with van der Waals surface area (Å²) in [6, 6.07) is 3.89. The van der Waals surface area contributed by atoms with Gasteiger partial charge in [-0.25, -0.2) is 4.98 Å². The maximum atomic E-state index is 5.47. The quantitative estimate of drug-likeness (QED) is 0.620. The van der Waals surface area contributed by atoms with E-state index in [1.165, 1.54) is 0 Å². The van der Waals surface area contributed by atoms with E-state index in [2.05, 4.69) is 26.2 Å². The smallest absolute Gasteiger partial charge is 0.125 e. The lowest BCUT2D eigenvalue weighted by molar-refractivity contribution is 0.149. The first-order chi connectivity index (χ1) is 7.33. The van der Waals surface area contributed by atoms with Crippen molar-refractivity contribution in [2.24, 2.45) is 0 Å². The van der Waals surface area contributed by atoms with Gasteiger partial charge in [0.05, 0.1) is 6.61 Å². The van der Waals surface area contributed by atoms with E-state index in [4.69, 9.17) is 16.3 Å². The van der Waals surface area contributed by atoms with Crippen LogP contribution < -0.4 is 5.32 Å². The first kappa shape index (κ1) is 12.7. The summed E-state index contributed by atoms with van der Waals surface area (Å²) in [5.41, 5.74) is 0. The van der Waals surface area contributed by atoms with Gasteiger partial charge in [0.2, 0.25) is 0 Å². The fraction of sp³-hybridized carbons (Fsp3) is 0.500. The molecule has 1 aromatic rings. The van der Waals surface area contributed by atoms with E-state index in [1.807, 2.05) is 12.1 Å². The normalized spacial score (nSPS) is 10.3. The molecule has 0 aromatic carbocycles. The molecule has 0 aliphatic rings. The summed E-state index contributed by atoms with van der Waals surface area (Å²) in [5, 5.41) is 3.20. The molecule has 0 saturated heterocycles. The van der Waals surface area contributed by atoms with Crippen molar-refractivity contribution in [2.75, 3.05) is 31.0 Å². The number of hydrogen-bond donors (Lipinski definition) is 1. The Hall–Kier alpha value is -0.320. The van der Waals surface area contributed by atoms with Gasteiger partial charge in [0.1, 0.15) is 5.82 Å². The molecule has 0 radical (unpaired) electrons. The number of alkyl halides is 1. The van der Waals surface area contributed by atoms with E-state index in [0.717, 1.165) is 29.9 Å². The number of anilines is 1. The molecule has 0 saturated carbocycles. The van der Waals surface area contributed by atoms with Crippen molar-refractivity contribution in [3.8, 4) is 0 Å². The Morgan fingerprint density at radius 3 is 2.93 bits per heavy atom. The minimum absolute atomic E-state index is 0.557. The van der Waals surface area contributed by atoms with Crippen LogP contribution in [0.1, 0.15) is 6.42 Å². The number of halogens is 2. The number of nitrogens with one attached hydrogen (secondary N) is 1. The molecule has 0 atom stereocenters. The molecule has 0 bridgehead atoms. The van der Waals surface area contributed by atoms with Crippen LogP contribution in [0.25, 0.3) is 0 Å². The molecule has 0 unspecified atom stereocenters. The Morgan fingerprint density at radius 2 is 2.27 bits per heavy atom. The standard InChI is InChI=1S/C10H14BrClN2O/c11-9-2-3-10(14-8-9)13-5-1-6-15-7-4-12/h2-3,8H,1,4-7H2,(H,13,14). The summed E-state index contributed by atoms with van der Waals surface area (Å²) in [6.07, 6.45) is 2.72. The van der Waals surface area contributed by atoms with Gasteiger partial charge in [-0.2, -0.15) is 0 Å². The number of ether oxygens (including phenoxy) is 1. The van der Waals surface area contributed by atoms with E-state index in [9.17, 15) is 0 Å². The summed E-state index contributed by atoms with van der Waals surface area (Å²) < 4.78 is 6.22. The van der Waals surface area contributed by atoms with Crippen LogP contribution in [0.2, 0.25) is 0 Å². The minimum Gasteiger partial charge on any atom is -0.380 e. The lowest BCUT2D eigenvalue weighted by Crippen LogP contribution is -2.07. The molecule has 0 aliphatic carbocycles. The van der Waals surface area contributed by atoms with Crippen LogP contribution in [0.15, 0.2) is 22.8 Å². The van der Waals surface area contributed by atoms with Crippen molar-refractivity contribution in [1.29, 1.82) is 0 Å². The molecule has 3 nitrogen and oxygen atoms in total. The third-order valence-electron chi connectivity index (χ3n) is 1.72. The third-order valence-corrected chi connectivity index (χ3v) is 2.34. The Bertz CT molecular complexity index is 269. The second-order valence-electron chi connectivity index (χ2n) is 2.94. The summed E-state index contributed by atoms with van der Waals surface area (Å²) in [4.78, 5) is 4.19. The largest absolute Gasteiger partial charge is 0.380 e. The van der Waals surface area contributed by atoms with Gasteiger partial charge in [0.15, 0.2) is 0 Å². The monoisotopic (exact) mass is 292 g/mol. The highest BCUT2D eigenvalue weighted by molar-refractivity contribution is 9.10. The van der Waals surface area contributed by atoms with Crippen LogP contribution in [0.4, 0.5) is 5.82 Å². The van der Waals surface area contributed by atoms with Crippen molar-refractivity contribution < 1.29 is 4.74 Å². The summed E-state index contributed by atoms with van der Waals surface area (Å²) in [6.45, 7) is 2.21. The molecule has 15 heavy (non-hydrogen) atoms. The molecule has 0 spiro atoms. The maximum absolute atomic E-state index is 5.47. The van der Waals surface area contributed by atoms with Crippen molar-refractivity contribution in [2.45, 2.75) is 6.42 Å². The highest BCUT2D eigenvalue weighted by Gasteiger charge is 1.93. The molecule has 0 amide bonds. The molecular weight excluding hydrogens is 279 g/mol. The zero-order valence-electron chi connectivity index (χ0n) is 8.38. The predicted molar refractivity (Wildman–Crippen MR) is 66.6 cm³/mol. The third kappa shape index (κ3) is 5.97. The molecule has 5 heteroatoms. The zero-order valence-corrected chi connectivity index (χ0v) is 10.7. The van der Waals surface area contributed by atoms with E-state index in [1.54, 1.807) is 6.20 Å². The van der Waals surface area contributed by atoms with Crippen molar-refractivity contribution in [3.05, 3.63) is 22.8 Å². The Labute approximate surface area is 103 Å². The molecule has 1 aromatic heterocycles. The summed E-state index contributed by atoms with van der Waals surface area (Å²) in [5.74, 6) is 1.44. The van der Waals surface area contributed by atoms with Gasteiger partial charge < -0.3 is 10.1 Å². The molecule has 0 aliphatic heterocycles. The summed E-state index contributed by atoms with van der Waals surface area (Å²) in [7, 11) is 0. The van der Waals surface area contributed by atoms with E-state index in [0.29, 0.717) is 12.5 Å². The van der Waals surface area contributed by atoms with E-state index >= 15 is 0 Å². The van der Waals surface area contributed by atoms with Crippen molar-refractivity contribution in [3.63, 3.8) is 0 Å². The second-order valence-corrected chi connectivity index (χ2v) is 4.24. The zero-order chi connectivity index (χ0) is 10.9. The average Bonchev–Trinajstić information content (AvgIpc) is 2.26. The van der Waals surface area contributed by atoms with Gasteiger partial charge in [0.25, 0.3) is 0 Å². The van der Waals surface area contributed by atoms with E-state index < -0.39 is 0 Å². The van der Waals surface area contributed by atoms with Crippen LogP contribution in [0.5, 0.6) is 0 Å². The van der Waals surface area contributed by atoms with Crippen LogP contribution in [0.3, 0.4) is 0 Å². The number of nitrogens with zero attached hydrogens (tertiary/aromatic N) is 1. The first-order valence-electron chi connectivity index (χ1n) is 4.82. The van der Waals surface area contributed by atoms with Gasteiger partial charge >= 0.3 is 0 Å². The predicted octanol–water partition coefficient (Wildman–Crippen LogP) is 2.90. The van der Waals surface area contributed by atoms with Gasteiger partial charge in [0, 0.05) is 29.7 Å². The highest BCUT2D eigenvalue weighted by atomic mass is 79.9. The van der Waals surface area contributed by atoms with E-state index in [-0.39, 0.29) is 0 Å². The molecule has 1 heterocycles. The van der Waals surface area contributed by atoms with Gasteiger partial charge in [-0.1, -0.05) is 0 Å². The molecule has 1 rings (SSSR count). The number of rotatable bonds is 7. The highest BCUT2D eigenvalue weighted by Crippen LogP contribution is 2.10. The minimum atomic E-state index is 0.557. The van der Waals surface area contributed by atoms with Crippen LogP contribution in [-0.4, -0.2) is 30.6 Å². The lowest BCUT2D eigenvalue weighted by Gasteiger charge is -2.05. The topological polar surface area (TPSA) is 34.1 Å². The summed E-state index contributed by atoms with van der Waals surface area (Å²) >= 11 is 8.80. The fourth-order valence-electron chi connectivity index (χ4n) is 1.03. The Kier molecular flexibility index (Phi) is 6.72. The average molecular weight is 294 g/mol. The van der Waals surface area contributed by atoms with Crippen LogP contribution >= 0.6 is 27.5 Å². The van der Waals surface area contributed by atoms with Crippen LogP contribution in [0, 0.1) is 0 Å². The Morgan fingerprint density at radius 1 is 1.40 bits per heavy atom. The molecule has 1 N–H and O–H groups in total.